The molecule has 23 heavy (non-hydrogen) atoms. The molecule has 122 valence electrons. The molecular weight excluding hydrogens is 320 g/mol. The van der Waals surface area contributed by atoms with Crippen LogP contribution in [-0.4, -0.2) is 27.2 Å². The molecule has 8 heteroatoms. The van der Waals surface area contributed by atoms with Crippen LogP contribution in [0, 0.1) is 24.0 Å². The number of hydrogen-bond acceptors (Lipinski definition) is 4. The van der Waals surface area contributed by atoms with Gasteiger partial charge < -0.3 is 5.32 Å². The molecule has 0 aliphatic rings. The lowest BCUT2D eigenvalue weighted by molar-refractivity contribution is -0.385. The second kappa shape index (κ2) is 7.23. The van der Waals surface area contributed by atoms with Gasteiger partial charge in [0.1, 0.15) is 0 Å². The van der Waals surface area contributed by atoms with Crippen molar-refractivity contribution in [3.8, 4) is 0 Å². The number of aryl methyl sites for hydroxylation is 3. The Morgan fingerprint density at radius 2 is 2.17 bits per heavy atom. The van der Waals surface area contributed by atoms with Gasteiger partial charge in [0.05, 0.1) is 15.6 Å². The average Bonchev–Trinajstić information content (AvgIpc) is 2.82. The highest BCUT2D eigenvalue weighted by Crippen LogP contribution is 2.19. The number of nitrogens with zero attached hydrogens (tertiary/aromatic N) is 3. The lowest BCUT2D eigenvalue weighted by Crippen LogP contribution is -2.25. The predicted octanol–water partition coefficient (Wildman–Crippen LogP) is 2.88. The number of hydrogen-bond donors (Lipinski definition) is 1. The smallest absolute Gasteiger partial charge is 0.273 e. The van der Waals surface area contributed by atoms with Gasteiger partial charge in [-0.15, -0.1) is 0 Å². The molecule has 1 amide bonds. The molecule has 0 bridgehead atoms. The third-order valence-electron chi connectivity index (χ3n) is 3.40. The second-order valence-electron chi connectivity index (χ2n) is 5.19. The molecule has 2 aromatic rings. The van der Waals surface area contributed by atoms with Gasteiger partial charge in [0.15, 0.2) is 0 Å². The van der Waals surface area contributed by atoms with E-state index in [0.29, 0.717) is 30.1 Å². The standard InChI is InChI=1S/C15H17ClN4O3/c1-10-4-5-12(8-14(10)20(22)23)15(21)17-6-3-7-19-9-13(16)11(2)18-19/h4-5,8-9H,3,6-7H2,1-2H3,(H,17,21). The number of carbonyl (C=O) groups excluding carboxylic acids is 1. The second-order valence-corrected chi connectivity index (χ2v) is 5.60. The van der Waals surface area contributed by atoms with Crippen molar-refractivity contribution < 1.29 is 9.72 Å². The lowest BCUT2D eigenvalue weighted by Gasteiger charge is -2.06. The number of amides is 1. The maximum Gasteiger partial charge on any atom is 0.273 e. The van der Waals surface area contributed by atoms with E-state index in [4.69, 9.17) is 11.6 Å². The van der Waals surface area contributed by atoms with Gasteiger partial charge in [-0.1, -0.05) is 17.7 Å². The molecule has 2 rings (SSSR count). The van der Waals surface area contributed by atoms with E-state index in [0.717, 1.165) is 5.69 Å². The van der Waals surface area contributed by atoms with Crippen LogP contribution in [0.4, 0.5) is 5.69 Å². The molecule has 0 saturated heterocycles. The van der Waals surface area contributed by atoms with Gasteiger partial charge in [-0.2, -0.15) is 5.10 Å². The predicted molar refractivity (Wildman–Crippen MR) is 86.8 cm³/mol. The monoisotopic (exact) mass is 336 g/mol. The quantitative estimate of drug-likeness (QED) is 0.499. The third kappa shape index (κ3) is 4.29. The highest BCUT2D eigenvalue weighted by atomic mass is 35.5. The zero-order valence-electron chi connectivity index (χ0n) is 12.9. The first-order chi connectivity index (χ1) is 10.9. The van der Waals surface area contributed by atoms with E-state index in [1.54, 1.807) is 29.9 Å². The van der Waals surface area contributed by atoms with Crippen LogP contribution in [0.1, 0.15) is 28.0 Å². The molecule has 0 radical (unpaired) electrons. The van der Waals surface area contributed by atoms with Gasteiger partial charge in [0, 0.05) is 36.5 Å². The SMILES string of the molecule is Cc1ccc(C(=O)NCCCn2cc(Cl)c(C)n2)cc1[N+](=O)[O-]. The Balaban J connectivity index is 1.87. The first-order valence-corrected chi connectivity index (χ1v) is 7.49. The molecule has 0 fully saturated rings. The van der Waals surface area contributed by atoms with Crippen LogP contribution in [-0.2, 0) is 6.54 Å². The minimum absolute atomic E-state index is 0.0562. The summed E-state index contributed by atoms with van der Waals surface area (Å²) in [5, 5.41) is 18.5. The molecule has 0 saturated carbocycles. The molecule has 0 spiro atoms. The summed E-state index contributed by atoms with van der Waals surface area (Å²) >= 11 is 5.92. The molecule has 0 aliphatic heterocycles. The first-order valence-electron chi connectivity index (χ1n) is 7.11. The van der Waals surface area contributed by atoms with Gasteiger partial charge >= 0.3 is 0 Å². The Hall–Kier alpha value is -2.41. The van der Waals surface area contributed by atoms with Crippen molar-refractivity contribution in [3.05, 3.63) is 56.4 Å². The molecule has 1 N–H and O–H groups in total. The van der Waals surface area contributed by atoms with Crippen molar-refractivity contribution in [1.29, 1.82) is 0 Å². The number of nitro benzene ring substituents is 1. The summed E-state index contributed by atoms with van der Waals surface area (Å²) in [6.07, 6.45) is 2.42. The minimum atomic E-state index is -0.490. The number of benzene rings is 1. The fourth-order valence-electron chi connectivity index (χ4n) is 2.10. The molecule has 1 aromatic heterocycles. The van der Waals surface area contributed by atoms with Crippen molar-refractivity contribution in [2.24, 2.45) is 0 Å². The maximum atomic E-state index is 12.0. The van der Waals surface area contributed by atoms with Gasteiger partial charge in [-0.25, -0.2) is 0 Å². The van der Waals surface area contributed by atoms with Crippen LogP contribution in [0.5, 0.6) is 0 Å². The summed E-state index contributed by atoms with van der Waals surface area (Å²) in [4.78, 5) is 22.4. The maximum absolute atomic E-state index is 12.0. The zero-order valence-corrected chi connectivity index (χ0v) is 13.6. The van der Waals surface area contributed by atoms with Gasteiger partial charge in [0.25, 0.3) is 11.6 Å². The Morgan fingerprint density at radius 3 is 2.78 bits per heavy atom. The summed E-state index contributed by atoms with van der Waals surface area (Å²) < 4.78 is 1.72. The largest absolute Gasteiger partial charge is 0.352 e. The van der Waals surface area contributed by atoms with E-state index in [2.05, 4.69) is 10.4 Å². The van der Waals surface area contributed by atoms with Crippen LogP contribution in [0.3, 0.4) is 0 Å². The molecule has 0 atom stereocenters. The number of nitro groups is 1. The van der Waals surface area contributed by atoms with E-state index < -0.39 is 4.92 Å². The fourth-order valence-corrected chi connectivity index (χ4v) is 2.25. The molecular formula is C15H17ClN4O3. The number of nitrogens with one attached hydrogen (secondary N) is 1. The van der Waals surface area contributed by atoms with Crippen molar-refractivity contribution >= 4 is 23.2 Å². The van der Waals surface area contributed by atoms with E-state index in [1.165, 1.54) is 6.07 Å². The van der Waals surface area contributed by atoms with Crippen molar-refractivity contribution in [3.63, 3.8) is 0 Å². The number of carbonyl (C=O) groups is 1. The highest BCUT2D eigenvalue weighted by molar-refractivity contribution is 6.31. The molecule has 1 aromatic carbocycles. The normalized spacial score (nSPS) is 10.6. The summed E-state index contributed by atoms with van der Waals surface area (Å²) in [5.74, 6) is -0.331. The third-order valence-corrected chi connectivity index (χ3v) is 3.78. The van der Waals surface area contributed by atoms with Crippen LogP contribution in [0.15, 0.2) is 24.4 Å². The van der Waals surface area contributed by atoms with Crippen LogP contribution < -0.4 is 5.32 Å². The molecule has 0 unspecified atom stereocenters. The Labute approximate surface area is 138 Å². The van der Waals surface area contributed by atoms with Gasteiger partial charge in [-0.3, -0.25) is 19.6 Å². The average molecular weight is 337 g/mol. The van der Waals surface area contributed by atoms with Crippen molar-refractivity contribution in [2.75, 3.05) is 6.54 Å². The van der Waals surface area contributed by atoms with E-state index in [-0.39, 0.29) is 17.2 Å². The summed E-state index contributed by atoms with van der Waals surface area (Å²) in [6.45, 7) is 4.53. The highest BCUT2D eigenvalue weighted by Gasteiger charge is 2.14. The zero-order chi connectivity index (χ0) is 17.0. The van der Waals surface area contributed by atoms with Crippen LogP contribution in [0.25, 0.3) is 0 Å². The van der Waals surface area contributed by atoms with E-state index >= 15 is 0 Å². The van der Waals surface area contributed by atoms with Gasteiger partial charge in [-0.05, 0) is 26.3 Å². The summed E-state index contributed by atoms with van der Waals surface area (Å²) in [6, 6.07) is 4.44. The summed E-state index contributed by atoms with van der Waals surface area (Å²) in [5.41, 5.74) is 1.51. The lowest BCUT2D eigenvalue weighted by atomic mass is 10.1. The fraction of sp³-hybridized carbons (Fsp3) is 0.333. The minimum Gasteiger partial charge on any atom is -0.352 e. The van der Waals surface area contributed by atoms with Crippen LogP contribution in [0.2, 0.25) is 5.02 Å². The first kappa shape index (κ1) is 17.0. The van der Waals surface area contributed by atoms with E-state index in [1.807, 2.05) is 6.92 Å². The number of rotatable bonds is 6. The van der Waals surface area contributed by atoms with Crippen molar-refractivity contribution in [1.82, 2.24) is 15.1 Å². The topological polar surface area (TPSA) is 90.1 Å². The number of aromatic nitrogens is 2. The number of halogens is 1. The van der Waals surface area contributed by atoms with Crippen molar-refractivity contribution in [2.45, 2.75) is 26.8 Å². The van der Waals surface area contributed by atoms with Crippen LogP contribution >= 0.6 is 11.6 Å². The van der Waals surface area contributed by atoms with Gasteiger partial charge in [0.2, 0.25) is 0 Å². The Kier molecular flexibility index (Phi) is 5.33. The molecule has 1 heterocycles. The molecule has 0 aliphatic carbocycles. The molecule has 7 nitrogen and oxygen atoms in total. The van der Waals surface area contributed by atoms with E-state index in [9.17, 15) is 14.9 Å². The summed E-state index contributed by atoms with van der Waals surface area (Å²) in [7, 11) is 0. The Morgan fingerprint density at radius 1 is 1.43 bits per heavy atom. The Bertz CT molecular complexity index is 723.